The lowest BCUT2D eigenvalue weighted by Gasteiger charge is -2.40. The van der Waals surface area contributed by atoms with E-state index in [0.717, 1.165) is 33.0 Å². The van der Waals surface area contributed by atoms with Gasteiger partial charge in [-0.25, -0.2) is 0 Å². The molecular weight excluding hydrogens is 372 g/mol. The zero-order valence-electron chi connectivity index (χ0n) is 10.9. The number of anilines is 1. The molecule has 0 unspecified atom stereocenters. The van der Waals surface area contributed by atoms with Gasteiger partial charge in [-0.3, -0.25) is 4.79 Å². The van der Waals surface area contributed by atoms with E-state index in [2.05, 4.69) is 37.2 Å². The summed E-state index contributed by atoms with van der Waals surface area (Å²) in [5.74, 6) is 0.0374. The molecule has 1 fully saturated rings. The maximum absolute atomic E-state index is 12.2. The van der Waals surface area contributed by atoms with Gasteiger partial charge in [0.25, 0.3) is 0 Å². The molecular formula is C14H18Br2N2O. The van der Waals surface area contributed by atoms with E-state index < -0.39 is 0 Å². The summed E-state index contributed by atoms with van der Waals surface area (Å²) in [6, 6.07) is 3.98. The molecule has 0 aromatic heterocycles. The Bertz CT molecular complexity index is 470. The Morgan fingerprint density at radius 3 is 2.37 bits per heavy atom. The van der Waals surface area contributed by atoms with Crippen LogP contribution < -0.4 is 11.1 Å². The van der Waals surface area contributed by atoms with E-state index in [1.54, 1.807) is 0 Å². The minimum Gasteiger partial charge on any atom is -0.330 e. The molecule has 0 spiro atoms. The van der Waals surface area contributed by atoms with Crippen LogP contribution >= 0.6 is 31.9 Å². The smallest absolute Gasteiger partial charge is 0.225 e. The number of hydrogen-bond donors (Lipinski definition) is 2. The predicted octanol–water partition coefficient (Wildman–Crippen LogP) is 3.98. The maximum atomic E-state index is 12.2. The van der Waals surface area contributed by atoms with Crippen molar-refractivity contribution in [3.8, 4) is 0 Å². The van der Waals surface area contributed by atoms with Crippen molar-refractivity contribution in [1.82, 2.24) is 0 Å². The van der Waals surface area contributed by atoms with Crippen LogP contribution in [-0.4, -0.2) is 12.5 Å². The van der Waals surface area contributed by atoms with Crippen LogP contribution in [0, 0.1) is 12.3 Å². The van der Waals surface area contributed by atoms with Crippen LogP contribution in [0.5, 0.6) is 0 Å². The van der Waals surface area contributed by atoms with E-state index in [9.17, 15) is 4.79 Å². The van der Waals surface area contributed by atoms with Crippen molar-refractivity contribution in [2.75, 3.05) is 11.9 Å². The van der Waals surface area contributed by atoms with Gasteiger partial charge in [0.05, 0.1) is 5.69 Å². The van der Waals surface area contributed by atoms with Crippen molar-refractivity contribution in [2.45, 2.75) is 32.6 Å². The molecule has 1 amide bonds. The van der Waals surface area contributed by atoms with Crippen LogP contribution in [0.2, 0.25) is 0 Å². The molecule has 0 aliphatic heterocycles. The number of benzene rings is 1. The molecule has 0 bridgehead atoms. The number of carbonyl (C=O) groups excluding carboxylic acids is 1. The Morgan fingerprint density at radius 1 is 1.37 bits per heavy atom. The number of halogens is 2. The van der Waals surface area contributed by atoms with E-state index in [0.29, 0.717) is 13.0 Å². The molecule has 0 saturated heterocycles. The summed E-state index contributed by atoms with van der Waals surface area (Å²) in [6.07, 6.45) is 3.82. The fourth-order valence-corrected chi connectivity index (χ4v) is 4.09. The van der Waals surface area contributed by atoms with E-state index in [1.165, 1.54) is 6.42 Å². The molecule has 1 aromatic rings. The standard InChI is InChI=1S/C14H18Br2N2O/c1-9-5-10(15)13(11(16)6-9)18-12(19)7-14(8-17)3-2-4-14/h5-6H,2-4,7-8,17H2,1H3,(H,18,19). The minimum absolute atomic E-state index is 0.0354. The summed E-state index contributed by atoms with van der Waals surface area (Å²) in [6.45, 7) is 2.61. The SMILES string of the molecule is Cc1cc(Br)c(NC(=O)CC2(CN)CCC2)c(Br)c1. The Balaban J connectivity index is 2.07. The predicted molar refractivity (Wildman–Crippen MR) is 85.2 cm³/mol. The highest BCUT2D eigenvalue weighted by Gasteiger charge is 2.37. The molecule has 3 nitrogen and oxygen atoms in total. The average molecular weight is 390 g/mol. The third-order valence-electron chi connectivity index (χ3n) is 3.83. The number of nitrogens with one attached hydrogen (secondary N) is 1. The Hall–Kier alpha value is -0.390. The van der Waals surface area contributed by atoms with Crippen LogP contribution in [0.4, 0.5) is 5.69 Å². The molecule has 0 atom stereocenters. The van der Waals surface area contributed by atoms with Crippen LogP contribution in [0.15, 0.2) is 21.1 Å². The molecule has 2 rings (SSSR count). The van der Waals surface area contributed by atoms with Crippen LogP contribution in [-0.2, 0) is 4.79 Å². The van der Waals surface area contributed by atoms with Crippen molar-refractivity contribution >= 4 is 43.5 Å². The third-order valence-corrected chi connectivity index (χ3v) is 5.08. The van der Waals surface area contributed by atoms with Crippen LogP contribution in [0.3, 0.4) is 0 Å². The van der Waals surface area contributed by atoms with E-state index in [-0.39, 0.29) is 11.3 Å². The minimum atomic E-state index is 0.0354. The molecule has 1 aliphatic carbocycles. The van der Waals surface area contributed by atoms with E-state index in [1.807, 2.05) is 19.1 Å². The van der Waals surface area contributed by atoms with Gasteiger partial charge in [0, 0.05) is 15.4 Å². The van der Waals surface area contributed by atoms with Gasteiger partial charge in [-0.05, 0) is 81.3 Å². The second-order valence-electron chi connectivity index (χ2n) is 5.39. The second kappa shape index (κ2) is 5.94. The quantitative estimate of drug-likeness (QED) is 0.818. The van der Waals surface area contributed by atoms with Gasteiger partial charge in [-0.1, -0.05) is 6.42 Å². The summed E-state index contributed by atoms with van der Waals surface area (Å²) >= 11 is 6.97. The average Bonchev–Trinajstić information content (AvgIpc) is 2.28. The molecule has 0 heterocycles. The number of amides is 1. The van der Waals surface area contributed by atoms with Crippen LogP contribution in [0.25, 0.3) is 0 Å². The fraction of sp³-hybridized carbons (Fsp3) is 0.500. The topological polar surface area (TPSA) is 55.1 Å². The zero-order chi connectivity index (χ0) is 14.0. The fourth-order valence-electron chi connectivity index (χ4n) is 2.47. The number of hydrogen-bond acceptors (Lipinski definition) is 2. The molecule has 1 saturated carbocycles. The summed E-state index contributed by atoms with van der Waals surface area (Å²) in [5, 5.41) is 2.98. The van der Waals surface area contributed by atoms with E-state index >= 15 is 0 Å². The highest BCUT2D eigenvalue weighted by molar-refractivity contribution is 9.11. The third kappa shape index (κ3) is 3.38. The highest BCUT2D eigenvalue weighted by atomic mass is 79.9. The summed E-state index contributed by atoms with van der Waals surface area (Å²) < 4.78 is 1.78. The largest absolute Gasteiger partial charge is 0.330 e. The molecule has 104 valence electrons. The number of rotatable bonds is 4. The number of nitrogens with two attached hydrogens (primary N) is 1. The van der Waals surface area contributed by atoms with Crippen molar-refractivity contribution < 1.29 is 4.79 Å². The first kappa shape index (κ1) is 15.0. The van der Waals surface area contributed by atoms with Crippen molar-refractivity contribution in [3.63, 3.8) is 0 Å². The Kier molecular flexibility index (Phi) is 4.69. The molecule has 0 radical (unpaired) electrons. The molecule has 5 heteroatoms. The summed E-state index contributed by atoms with van der Waals surface area (Å²) in [5.41, 5.74) is 7.75. The number of carbonyl (C=O) groups is 1. The first-order chi connectivity index (χ1) is 8.96. The molecule has 1 aromatic carbocycles. The Labute approximate surface area is 130 Å². The lowest BCUT2D eigenvalue weighted by Crippen LogP contribution is -2.40. The lowest BCUT2D eigenvalue weighted by molar-refractivity contribution is -0.119. The Morgan fingerprint density at radius 2 is 1.95 bits per heavy atom. The first-order valence-corrected chi connectivity index (χ1v) is 8.00. The molecule has 19 heavy (non-hydrogen) atoms. The zero-order valence-corrected chi connectivity index (χ0v) is 14.1. The van der Waals surface area contributed by atoms with Gasteiger partial charge in [0.2, 0.25) is 5.91 Å². The van der Waals surface area contributed by atoms with Gasteiger partial charge in [0.15, 0.2) is 0 Å². The van der Waals surface area contributed by atoms with Crippen LogP contribution in [0.1, 0.15) is 31.2 Å². The molecule has 1 aliphatic rings. The summed E-state index contributed by atoms with van der Waals surface area (Å²) in [4.78, 5) is 12.2. The lowest BCUT2D eigenvalue weighted by atomic mass is 9.66. The van der Waals surface area contributed by atoms with Gasteiger partial charge < -0.3 is 11.1 Å². The van der Waals surface area contributed by atoms with E-state index in [4.69, 9.17) is 5.73 Å². The maximum Gasteiger partial charge on any atom is 0.225 e. The van der Waals surface area contributed by atoms with Gasteiger partial charge in [-0.2, -0.15) is 0 Å². The van der Waals surface area contributed by atoms with Crippen molar-refractivity contribution in [3.05, 3.63) is 26.6 Å². The van der Waals surface area contributed by atoms with Crippen molar-refractivity contribution in [2.24, 2.45) is 11.1 Å². The monoisotopic (exact) mass is 388 g/mol. The highest BCUT2D eigenvalue weighted by Crippen LogP contribution is 2.43. The summed E-state index contributed by atoms with van der Waals surface area (Å²) in [7, 11) is 0. The molecule has 3 N–H and O–H groups in total. The van der Waals surface area contributed by atoms with Gasteiger partial charge in [0.1, 0.15) is 0 Å². The van der Waals surface area contributed by atoms with Gasteiger partial charge in [-0.15, -0.1) is 0 Å². The van der Waals surface area contributed by atoms with Gasteiger partial charge >= 0.3 is 0 Å². The van der Waals surface area contributed by atoms with Crippen molar-refractivity contribution in [1.29, 1.82) is 0 Å². The normalized spacial score (nSPS) is 16.8. The first-order valence-electron chi connectivity index (χ1n) is 6.41. The number of aryl methyl sites for hydroxylation is 1. The second-order valence-corrected chi connectivity index (χ2v) is 7.09.